The molecule has 0 atom stereocenters. The fourth-order valence-corrected chi connectivity index (χ4v) is 4.93. The van der Waals surface area contributed by atoms with Crippen LogP contribution in [0.3, 0.4) is 0 Å². The van der Waals surface area contributed by atoms with E-state index >= 15 is 4.39 Å². The Morgan fingerprint density at radius 1 is 1.21 bits per heavy atom. The van der Waals surface area contributed by atoms with Crippen molar-refractivity contribution in [2.24, 2.45) is 7.05 Å². The largest absolute Gasteiger partial charge is 0.493 e. The molecule has 1 aliphatic carbocycles. The lowest BCUT2D eigenvalue weighted by atomic mass is 9.84. The van der Waals surface area contributed by atoms with Gasteiger partial charge < -0.3 is 14.0 Å². The zero-order chi connectivity index (χ0) is 22.4. The Bertz CT molecular complexity index is 1290. The number of imidazole rings is 1. The van der Waals surface area contributed by atoms with Gasteiger partial charge in [0.1, 0.15) is 17.3 Å². The number of nitrogens with zero attached hydrogens (tertiary/aromatic N) is 5. The maximum absolute atomic E-state index is 15.1. The Balaban J connectivity index is 1.16. The predicted molar refractivity (Wildman–Crippen MR) is 119 cm³/mol. The van der Waals surface area contributed by atoms with E-state index in [0.29, 0.717) is 25.7 Å². The van der Waals surface area contributed by atoms with Gasteiger partial charge in [-0.05, 0) is 55.0 Å². The van der Waals surface area contributed by atoms with E-state index in [9.17, 15) is 0 Å². The molecule has 0 radical (unpaired) electrons. The fraction of sp³-hybridized carbons (Fsp3) is 0.417. The molecule has 8 nitrogen and oxygen atoms in total. The molecule has 2 aromatic heterocycles. The Morgan fingerprint density at radius 2 is 2.09 bits per heavy atom. The van der Waals surface area contributed by atoms with Gasteiger partial charge in [-0.1, -0.05) is 17.3 Å². The minimum absolute atomic E-state index is 0.0463. The quantitative estimate of drug-likeness (QED) is 0.499. The Labute approximate surface area is 190 Å². The number of rotatable bonds is 5. The van der Waals surface area contributed by atoms with Crippen LogP contribution < -0.4 is 9.47 Å². The monoisotopic (exact) mass is 448 g/mol. The third kappa shape index (κ3) is 3.71. The number of halogens is 1. The number of aromatic amines is 1. The van der Waals surface area contributed by atoms with Crippen LogP contribution >= 0.6 is 0 Å². The minimum atomic E-state index is -1.53. The molecule has 3 heterocycles. The SMILES string of the molecule is Cn1c(Cc2ccc3c(c2)CCO3)nc2cc(OC3CCC(F)(c4nn[nH]n4)CC3)ccc21. The number of hydrogen-bond donors (Lipinski definition) is 1. The molecule has 6 rings (SSSR count). The Kier molecular flexibility index (Phi) is 4.78. The van der Waals surface area contributed by atoms with Crippen molar-refractivity contribution in [1.29, 1.82) is 0 Å². The second-order valence-corrected chi connectivity index (χ2v) is 8.97. The van der Waals surface area contributed by atoms with Crippen LogP contribution in [0.15, 0.2) is 36.4 Å². The third-order valence-electron chi connectivity index (χ3n) is 6.84. The molecule has 4 aromatic rings. The molecule has 2 aromatic carbocycles. The molecule has 170 valence electrons. The van der Waals surface area contributed by atoms with Crippen molar-refractivity contribution in [2.45, 2.75) is 50.3 Å². The summed E-state index contributed by atoms with van der Waals surface area (Å²) in [6.07, 6.45) is 3.50. The van der Waals surface area contributed by atoms with Crippen LogP contribution in [0.1, 0.15) is 48.5 Å². The molecule has 9 heteroatoms. The number of fused-ring (bicyclic) bond motifs is 2. The summed E-state index contributed by atoms with van der Waals surface area (Å²) in [5.41, 5.74) is 2.93. The summed E-state index contributed by atoms with van der Waals surface area (Å²) >= 11 is 0. The standard InChI is InChI=1S/C24H25FN6O2/c1-31-20-4-3-18(33-17-6-9-24(25,10-7-17)23-27-29-30-28-23)14-19(20)26-22(31)13-15-2-5-21-16(12-15)8-11-32-21/h2-5,12,14,17H,6-11,13H2,1H3,(H,27,28,29,30). The molecule has 1 saturated carbocycles. The van der Waals surface area contributed by atoms with Crippen molar-refractivity contribution >= 4 is 11.0 Å². The average molecular weight is 449 g/mol. The molecule has 33 heavy (non-hydrogen) atoms. The van der Waals surface area contributed by atoms with E-state index in [1.54, 1.807) is 0 Å². The summed E-state index contributed by atoms with van der Waals surface area (Å²) < 4.78 is 29.0. The molecule has 1 N–H and O–H groups in total. The number of aryl methyl sites for hydroxylation is 1. The number of nitrogens with one attached hydrogen (secondary N) is 1. The third-order valence-corrected chi connectivity index (χ3v) is 6.84. The topological polar surface area (TPSA) is 90.7 Å². The first-order valence-electron chi connectivity index (χ1n) is 11.4. The number of aromatic nitrogens is 6. The van der Waals surface area contributed by atoms with Crippen LogP contribution in [-0.2, 0) is 25.6 Å². The fourth-order valence-electron chi connectivity index (χ4n) is 4.93. The highest BCUT2D eigenvalue weighted by atomic mass is 19.1. The summed E-state index contributed by atoms with van der Waals surface area (Å²) in [6.45, 7) is 0.762. The molecule has 1 fully saturated rings. The summed E-state index contributed by atoms with van der Waals surface area (Å²) in [7, 11) is 2.04. The van der Waals surface area contributed by atoms with Crippen LogP contribution in [0, 0.1) is 0 Å². The van der Waals surface area contributed by atoms with Crippen LogP contribution in [0.25, 0.3) is 11.0 Å². The average Bonchev–Trinajstić information content (AvgIpc) is 3.57. The number of hydrogen-bond acceptors (Lipinski definition) is 6. The maximum atomic E-state index is 15.1. The minimum Gasteiger partial charge on any atom is -0.493 e. The molecule has 0 unspecified atom stereocenters. The lowest BCUT2D eigenvalue weighted by molar-refractivity contribution is 0.0365. The number of ether oxygens (including phenoxy) is 2. The van der Waals surface area contributed by atoms with Crippen molar-refractivity contribution in [3.8, 4) is 11.5 Å². The first-order valence-corrected chi connectivity index (χ1v) is 11.4. The van der Waals surface area contributed by atoms with E-state index in [-0.39, 0.29) is 11.9 Å². The van der Waals surface area contributed by atoms with Gasteiger partial charge >= 0.3 is 0 Å². The van der Waals surface area contributed by atoms with E-state index < -0.39 is 5.67 Å². The van der Waals surface area contributed by atoms with E-state index in [0.717, 1.165) is 47.8 Å². The summed E-state index contributed by atoms with van der Waals surface area (Å²) in [5.74, 6) is 2.90. The molecule has 0 bridgehead atoms. The highest BCUT2D eigenvalue weighted by Gasteiger charge is 2.41. The van der Waals surface area contributed by atoms with Crippen molar-refractivity contribution in [2.75, 3.05) is 6.61 Å². The summed E-state index contributed by atoms with van der Waals surface area (Å²) in [5, 5.41) is 13.5. The first kappa shape index (κ1) is 20.1. The molecule has 0 spiro atoms. The Hall–Kier alpha value is -3.49. The van der Waals surface area contributed by atoms with Crippen molar-refractivity contribution < 1.29 is 13.9 Å². The van der Waals surface area contributed by atoms with E-state index in [2.05, 4.69) is 43.4 Å². The second-order valence-electron chi connectivity index (χ2n) is 8.97. The van der Waals surface area contributed by atoms with E-state index in [1.165, 1.54) is 11.1 Å². The van der Waals surface area contributed by atoms with Crippen molar-refractivity contribution in [3.05, 3.63) is 59.2 Å². The predicted octanol–water partition coefficient (Wildman–Crippen LogP) is 3.80. The van der Waals surface area contributed by atoms with Gasteiger partial charge in [-0.2, -0.15) is 5.21 Å². The van der Waals surface area contributed by atoms with Crippen molar-refractivity contribution in [3.63, 3.8) is 0 Å². The van der Waals surface area contributed by atoms with Crippen molar-refractivity contribution in [1.82, 2.24) is 30.2 Å². The number of benzene rings is 2. The summed E-state index contributed by atoms with van der Waals surface area (Å²) in [6, 6.07) is 12.4. The molecule has 0 amide bonds. The van der Waals surface area contributed by atoms with Crippen LogP contribution in [0.5, 0.6) is 11.5 Å². The van der Waals surface area contributed by atoms with E-state index in [1.807, 2.05) is 25.2 Å². The number of tetrazole rings is 1. The van der Waals surface area contributed by atoms with Crippen LogP contribution in [0.2, 0.25) is 0 Å². The zero-order valence-corrected chi connectivity index (χ0v) is 18.4. The molecule has 0 saturated heterocycles. The van der Waals surface area contributed by atoms with Crippen LogP contribution in [0.4, 0.5) is 4.39 Å². The van der Waals surface area contributed by atoms with E-state index in [4.69, 9.17) is 14.5 Å². The van der Waals surface area contributed by atoms with Gasteiger partial charge in [-0.3, -0.25) is 0 Å². The van der Waals surface area contributed by atoms with Gasteiger partial charge in [-0.25, -0.2) is 9.37 Å². The highest BCUT2D eigenvalue weighted by molar-refractivity contribution is 5.77. The van der Waals surface area contributed by atoms with Crippen LogP contribution in [-0.4, -0.2) is 42.9 Å². The lowest BCUT2D eigenvalue weighted by Crippen LogP contribution is -2.33. The second kappa shape index (κ2) is 7.83. The molecule has 1 aliphatic heterocycles. The molecular formula is C24H25FN6O2. The van der Waals surface area contributed by atoms with Gasteiger partial charge in [-0.15, -0.1) is 10.2 Å². The van der Waals surface area contributed by atoms with Gasteiger partial charge in [0, 0.05) is 26.0 Å². The number of alkyl halides is 1. The smallest absolute Gasteiger partial charge is 0.211 e. The number of H-pyrrole nitrogens is 1. The molecule has 2 aliphatic rings. The zero-order valence-electron chi connectivity index (χ0n) is 18.4. The molecular weight excluding hydrogens is 423 g/mol. The lowest BCUT2D eigenvalue weighted by Gasteiger charge is -2.31. The normalized spacial score (nSPS) is 22.3. The van der Waals surface area contributed by atoms with Gasteiger partial charge in [0.15, 0.2) is 5.67 Å². The van der Waals surface area contributed by atoms with Gasteiger partial charge in [0.25, 0.3) is 0 Å². The first-order chi connectivity index (χ1) is 16.1. The summed E-state index contributed by atoms with van der Waals surface area (Å²) in [4.78, 5) is 4.88. The highest BCUT2D eigenvalue weighted by Crippen LogP contribution is 2.40. The van der Waals surface area contributed by atoms with Gasteiger partial charge in [0.2, 0.25) is 5.82 Å². The Morgan fingerprint density at radius 3 is 2.91 bits per heavy atom. The van der Waals surface area contributed by atoms with Gasteiger partial charge in [0.05, 0.1) is 23.7 Å². The maximum Gasteiger partial charge on any atom is 0.211 e.